The molecule has 5 N–H and O–H groups in total. The molecule has 1 heterocycles. The Kier molecular flexibility index (Phi) is 13.8. The lowest BCUT2D eigenvalue weighted by Gasteiger charge is -2.40. The first-order valence-corrected chi connectivity index (χ1v) is 20.1. The van der Waals surface area contributed by atoms with Crippen LogP contribution in [0.15, 0.2) is 41.9 Å². The molecule has 3 amide bonds. The van der Waals surface area contributed by atoms with Crippen molar-refractivity contribution in [3.63, 3.8) is 0 Å². The molecule has 0 saturated heterocycles. The highest BCUT2D eigenvalue weighted by molar-refractivity contribution is 7.93. The van der Waals surface area contributed by atoms with E-state index in [2.05, 4.69) is 20.9 Å². The average molecular weight is 700 g/mol. The minimum Gasteiger partial charge on any atom is -0.348 e. The summed E-state index contributed by atoms with van der Waals surface area (Å²) in [5, 5.41) is 10.8. The molecule has 1 aromatic heterocycles. The molecule has 3 unspecified atom stereocenters. The maximum atomic E-state index is 14.0. The number of carbonyl (C=O) groups excluding carboxylic acids is 3. The third-order valence-corrected chi connectivity index (χ3v) is 11.2. The van der Waals surface area contributed by atoms with Crippen molar-refractivity contribution in [3.05, 3.63) is 63.0 Å². The SMILES string of the molecule is Cc1ncc(C(=O)N[C@@H](CC2CCC3CCCCC3C2)C(=O)N[C@@H](CC(C)C)C(=O)N[C@H](/C=C/S(C)(=O)=O)Cc2ccc(CN)cc2)s1. The largest absolute Gasteiger partial charge is 0.348 e. The Bertz CT molecular complexity index is 1520. The van der Waals surface area contributed by atoms with Crippen molar-refractivity contribution >= 4 is 38.9 Å². The number of aromatic nitrogens is 1. The van der Waals surface area contributed by atoms with Gasteiger partial charge in [0.2, 0.25) is 11.8 Å². The van der Waals surface area contributed by atoms with Gasteiger partial charge in [0.05, 0.1) is 17.2 Å². The zero-order valence-electron chi connectivity index (χ0n) is 28.7. The standard InChI is InChI=1S/C36H53N5O5S2/c1-23(2)17-31(34(42)39-30(15-16-48(4,45)46)19-25-9-11-26(21-37)12-10-25)40-35(43)32(41-36(44)33-22-38-24(3)47-33)20-27-13-14-28-7-5-6-8-29(28)18-27/h9-12,15-16,22-23,27-32H,5-8,13-14,17-21,37H2,1-4H3,(H,39,42)(H,40,43)(H,41,44)/b16-15+/t27?,28?,29?,30-,31+,32+/m1/s1. The molecule has 0 spiro atoms. The quantitative estimate of drug-likeness (QED) is 0.207. The lowest BCUT2D eigenvalue weighted by atomic mass is 9.66. The number of nitrogens with zero attached hydrogens (tertiary/aromatic N) is 1. The molecule has 2 fully saturated rings. The predicted molar refractivity (Wildman–Crippen MR) is 191 cm³/mol. The first-order valence-electron chi connectivity index (χ1n) is 17.3. The number of aryl methyl sites for hydroxylation is 1. The van der Waals surface area contributed by atoms with Crippen molar-refractivity contribution in [3.8, 4) is 0 Å². The van der Waals surface area contributed by atoms with Gasteiger partial charge in [-0.2, -0.15) is 0 Å². The van der Waals surface area contributed by atoms with E-state index in [4.69, 9.17) is 5.73 Å². The van der Waals surface area contributed by atoms with Crippen LogP contribution in [0.25, 0.3) is 0 Å². The second kappa shape index (κ2) is 17.5. The molecule has 2 aliphatic carbocycles. The highest BCUT2D eigenvalue weighted by atomic mass is 32.2. The molecule has 2 aromatic rings. The van der Waals surface area contributed by atoms with Crippen LogP contribution in [0.5, 0.6) is 0 Å². The van der Waals surface area contributed by atoms with Crippen molar-refractivity contribution in [1.82, 2.24) is 20.9 Å². The van der Waals surface area contributed by atoms with Crippen LogP contribution in [0.1, 0.15) is 97.4 Å². The molecule has 0 bridgehead atoms. The molecule has 2 saturated carbocycles. The van der Waals surface area contributed by atoms with Gasteiger partial charge in [0.1, 0.15) is 17.0 Å². The van der Waals surface area contributed by atoms with Crippen LogP contribution in [-0.2, 0) is 32.4 Å². The van der Waals surface area contributed by atoms with Gasteiger partial charge in [0.15, 0.2) is 9.84 Å². The van der Waals surface area contributed by atoms with Crippen molar-refractivity contribution in [1.29, 1.82) is 0 Å². The summed E-state index contributed by atoms with van der Waals surface area (Å²) >= 11 is 1.28. The minimum atomic E-state index is -3.44. The minimum absolute atomic E-state index is 0.0738. The molecular weight excluding hydrogens is 647 g/mol. The summed E-state index contributed by atoms with van der Waals surface area (Å²) in [6, 6.07) is 5.28. The fraction of sp³-hybridized carbons (Fsp3) is 0.611. The van der Waals surface area contributed by atoms with E-state index in [9.17, 15) is 22.8 Å². The summed E-state index contributed by atoms with van der Waals surface area (Å²) in [4.78, 5) is 45.8. The Hall–Kier alpha value is -3.09. The van der Waals surface area contributed by atoms with Gasteiger partial charge in [-0.05, 0) is 73.8 Å². The first-order chi connectivity index (χ1) is 22.8. The molecule has 264 valence electrons. The van der Waals surface area contributed by atoms with Gasteiger partial charge in [0.25, 0.3) is 5.91 Å². The van der Waals surface area contributed by atoms with Gasteiger partial charge in [-0.1, -0.05) is 76.3 Å². The van der Waals surface area contributed by atoms with Crippen LogP contribution < -0.4 is 21.7 Å². The van der Waals surface area contributed by atoms with Gasteiger partial charge < -0.3 is 21.7 Å². The number of carbonyl (C=O) groups is 3. The highest BCUT2D eigenvalue weighted by Gasteiger charge is 2.36. The van der Waals surface area contributed by atoms with Gasteiger partial charge in [0, 0.05) is 18.2 Å². The Labute approximate surface area is 290 Å². The monoisotopic (exact) mass is 699 g/mol. The van der Waals surface area contributed by atoms with Gasteiger partial charge >= 0.3 is 0 Å². The average Bonchev–Trinajstić information content (AvgIpc) is 3.49. The molecule has 2 aliphatic rings. The van der Waals surface area contributed by atoms with E-state index >= 15 is 0 Å². The molecule has 0 radical (unpaired) electrons. The second-order valence-electron chi connectivity index (χ2n) is 14.2. The summed E-state index contributed by atoms with van der Waals surface area (Å²) in [6.45, 7) is 6.18. The van der Waals surface area contributed by atoms with Crippen LogP contribution in [0.3, 0.4) is 0 Å². The Morgan fingerprint density at radius 2 is 1.62 bits per heavy atom. The highest BCUT2D eigenvalue weighted by Crippen LogP contribution is 2.43. The lowest BCUT2D eigenvalue weighted by molar-refractivity contribution is -0.130. The number of nitrogens with one attached hydrogen (secondary N) is 3. The number of benzene rings is 1. The van der Waals surface area contributed by atoms with Gasteiger partial charge in [-0.25, -0.2) is 13.4 Å². The Balaban J connectivity index is 1.51. The number of rotatable bonds is 15. The van der Waals surface area contributed by atoms with E-state index in [0.29, 0.717) is 42.5 Å². The van der Waals surface area contributed by atoms with E-state index in [0.717, 1.165) is 53.0 Å². The van der Waals surface area contributed by atoms with E-state index in [-0.39, 0.29) is 11.8 Å². The molecule has 0 aliphatic heterocycles. The van der Waals surface area contributed by atoms with E-state index in [1.807, 2.05) is 45.0 Å². The number of sulfone groups is 1. The second-order valence-corrected chi connectivity index (χ2v) is 17.3. The van der Waals surface area contributed by atoms with Crippen LogP contribution in [0, 0.1) is 30.6 Å². The Morgan fingerprint density at radius 3 is 2.25 bits per heavy atom. The number of amides is 3. The zero-order valence-corrected chi connectivity index (χ0v) is 30.4. The Morgan fingerprint density at radius 1 is 0.958 bits per heavy atom. The molecule has 12 heteroatoms. The molecule has 4 rings (SSSR count). The summed E-state index contributed by atoms with van der Waals surface area (Å²) < 4.78 is 24.0. The predicted octanol–water partition coefficient (Wildman–Crippen LogP) is 4.82. The third kappa shape index (κ3) is 11.8. The van der Waals surface area contributed by atoms with E-state index in [1.165, 1.54) is 49.3 Å². The normalized spacial score (nSPS) is 21.7. The maximum Gasteiger partial charge on any atom is 0.263 e. The third-order valence-electron chi connectivity index (χ3n) is 9.62. The van der Waals surface area contributed by atoms with Gasteiger partial charge in [-0.15, -0.1) is 11.3 Å². The summed E-state index contributed by atoms with van der Waals surface area (Å²) in [5.41, 5.74) is 7.60. The fourth-order valence-electron chi connectivity index (χ4n) is 7.17. The summed E-state index contributed by atoms with van der Waals surface area (Å²) in [6.07, 6.45) is 13.6. The summed E-state index contributed by atoms with van der Waals surface area (Å²) in [7, 11) is -3.44. The topological polar surface area (TPSA) is 160 Å². The number of thiazole rings is 1. The smallest absolute Gasteiger partial charge is 0.263 e. The zero-order chi connectivity index (χ0) is 34.8. The number of hydrogen-bond acceptors (Lipinski definition) is 8. The summed E-state index contributed by atoms with van der Waals surface area (Å²) in [5.74, 6) is 0.662. The number of hydrogen-bond donors (Lipinski definition) is 4. The van der Waals surface area contributed by atoms with Crippen molar-refractivity contribution in [2.75, 3.05) is 6.26 Å². The van der Waals surface area contributed by atoms with Gasteiger partial charge in [-0.3, -0.25) is 14.4 Å². The van der Waals surface area contributed by atoms with Crippen LogP contribution in [0.4, 0.5) is 0 Å². The molecule has 1 aromatic carbocycles. The molecular formula is C36H53N5O5S2. The lowest BCUT2D eigenvalue weighted by Crippen LogP contribution is -2.55. The molecule has 10 nitrogen and oxygen atoms in total. The van der Waals surface area contributed by atoms with E-state index < -0.39 is 39.8 Å². The fourth-order valence-corrected chi connectivity index (χ4v) is 8.33. The van der Waals surface area contributed by atoms with Crippen molar-refractivity contribution in [2.45, 2.75) is 110 Å². The first kappa shape index (κ1) is 37.7. The van der Waals surface area contributed by atoms with Crippen LogP contribution >= 0.6 is 11.3 Å². The van der Waals surface area contributed by atoms with Crippen molar-refractivity contribution < 1.29 is 22.8 Å². The van der Waals surface area contributed by atoms with Crippen molar-refractivity contribution in [2.24, 2.45) is 29.4 Å². The van der Waals surface area contributed by atoms with E-state index in [1.54, 1.807) is 0 Å². The maximum absolute atomic E-state index is 14.0. The number of fused-ring (bicyclic) bond motifs is 1. The number of nitrogens with two attached hydrogens (primary N) is 1. The molecule has 48 heavy (non-hydrogen) atoms. The van der Waals surface area contributed by atoms with Crippen LogP contribution in [-0.4, -0.2) is 55.5 Å². The van der Waals surface area contributed by atoms with Crippen LogP contribution in [0.2, 0.25) is 0 Å². The molecule has 6 atom stereocenters.